The Morgan fingerprint density at radius 3 is 1.61 bits per heavy atom. The van der Waals surface area contributed by atoms with E-state index in [-0.39, 0.29) is 5.41 Å². The summed E-state index contributed by atoms with van der Waals surface area (Å²) in [7, 11) is 0. The zero-order chi connectivity index (χ0) is 43.7. The van der Waals surface area contributed by atoms with Crippen molar-refractivity contribution in [2.45, 2.75) is 24.7 Å². The van der Waals surface area contributed by atoms with Gasteiger partial charge in [0.2, 0.25) is 0 Å². The molecule has 0 atom stereocenters. The van der Waals surface area contributed by atoms with E-state index in [4.69, 9.17) is 4.42 Å². The highest BCUT2D eigenvalue weighted by molar-refractivity contribution is 6.06. The predicted molar refractivity (Wildman–Crippen MR) is 273 cm³/mol. The Morgan fingerprint density at radius 2 is 0.864 bits per heavy atom. The third-order valence-electron chi connectivity index (χ3n) is 15.1. The maximum Gasteiger partial charge on any atom is 0.136 e. The van der Waals surface area contributed by atoms with E-state index < -0.39 is 5.41 Å². The number of furan rings is 1. The van der Waals surface area contributed by atoms with Gasteiger partial charge in [-0.1, -0.05) is 190 Å². The molecule has 0 amide bonds. The summed E-state index contributed by atoms with van der Waals surface area (Å²) in [6.07, 6.45) is 0. The molecule has 0 radical (unpaired) electrons. The van der Waals surface area contributed by atoms with E-state index in [1.54, 1.807) is 0 Å². The van der Waals surface area contributed by atoms with Crippen molar-refractivity contribution in [3.63, 3.8) is 0 Å². The average molecular weight is 842 g/mol. The van der Waals surface area contributed by atoms with Crippen molar-refractivity contribution < 1.29 is 4.42 Å². The van der Waals surface area contributed by atoms with E-state index in [9.17, 15) is 0 Å². The van der Waals surface area contributed by atoms with Crippen LogP contribution in [0.3, 0.4) is 0 Å². The summed E-state index contributed by atoms with van der Waals surface area (Å²) in [5, 5.41) is 2.27. The lowest BCUT2D eigenvalue weighted by molar-refractivity contribution is 0.660. The van der Waals surface area contributed by atoms with E-state index >= 15 is 0 Å². The van der Waals surface area contributed by atoms with Crippen LogP contribution in [0.5, 0.6) is 0 Å². The highest BCUT2D eigenvalue weighted by atomic mass is 16.3. The van der Waals surface area contributed by atoms with E-state index in [1.165, 1.54) is 77.9 Å². The first-order valence-corrected chi connectivity index (χ1v) is 23.1. The summed E-state index contributed by atoms with van der Waals surface area (Å²) >= 11 is 0. The summed E-state index contributed by atoms with van der Waals surface area (Å²) in [6.45, 7) is 4.73. The molecule has 11 aromatic rings. The SMILES string of the molecule is CC1(C)c2ccccc2-c2c(-c3ccccc3N(c3cccc(-c4ccc5c(c4)oc4ccccc45)c3)c3ccc4c(c3)C3(c5ccccc5-c5ccccc53)c3ccccc3-4)cccc21. The molecule has 0 saturated carbocycles. The molecule has 3 aliphatic carbocycles. The first-order chi connectivity index (χ1) is 32.5. The number of hydrogen-bond donors (Lipinski definition) is 0. The Bertz CT molecular complexity index is 3760. The van der Waals surface area contributed by atoms with Crippen LogP contribution >= 0.6 is 0 Å². The quantitative estimate of drug-likeness (QED) is 0.172. The van der Waals surface area contributed by atoms with Crippen LogP contribution in [0.25, 0.3) is 77.6 Å². The van der Waals surface area contributed by atoms with Gasteiger partial charge in [0.1, 0.15) is 11.2 Å². The zero-order valence-electron chi connectivity index (χ0n) is 36.7. The number of rotatable bonds is 5. The zero-order valence-corrected chi connectivity index (χ0v) is 36.7. The molecule has 2 nitrogen and oxygen atoms in total. The fourth-order valence-electron chi connectivity index (χ4n) is 12.3. The molecule has 0 bridgehead atoms. The summed E-state index contributed by atoms with van der Waals surface area (Å²) in [5.41, 5.74) is 25.0. The molecule has 0 aliphatic heterocycles. The number of benzene rings is 10. The largest absolute Gasteiger partial charge is 0.456 e. The van der Waals surface area contributed by atoms with Crippen molar-refractivity contribution >= 4 is 39.0 Å². The van der Waals surface area contributed by atoms with E-state index in [0.29, 0.717) is 0 Å². The Labute approximate surface area is 384 Å². The van der Waals surface area contributed by atoms with Gasteiger partial charge in [0.15, 0.2) is 0 Å². The molecule has 1 heterocycles. The Kier molecular flexibility index (Phi) is 7.70. The van der Waals surface area contributed by atoms with Crippen LogP contribution < -0.4 is 4.90 Å². The van der Waals surface area contributed by atoms with Crippen LogP contribution in [-0.2, 0) is 10.8 Å². The number of nitrogens with zero attached hydrogens (tertiary/aromatic N) is 1. The normalized spacial score (nSPS) is 14.2. The maximum absolute atomic E-state index is 6.43. The lowest BCUT2D eigenvalue weighted by atomic mass is 9.70. The van der Waals surface area contributed by atoms with Gasteiger partial charge in [-0.3, -0.25) is 0 Å². The smallest absolute Gasteiger partial charge is 0.136 e. The molecule has 1 spiro atoms. The minimum atomic E-state index is -0.473. The second-order valence-corrected chi connectivity index (χ2v) is 18.7. The van der Waals surface area contributed by atoms with E-state index in [2.05, 4.69) is 237 Å². The summed E-state index contributed by atoms with van der Waals surface area (Å²) in [6, 6.07) is 83.4. The first kappa shape index (κ1) is 37.2. The van der Waals surface area contributed by atoms with Gasteiger partial charge in [-0.2, -0.15) is 0 Å². The van der Waals surface area contributed by atoms with Gasteiger partial charge in [0, 0.05) is 33.1 Å². The first-order valence-electron chi connectivity index (χ1n) is 23.1. The standard InChI is InChI=1S/C64H43NO/c1-63(2)53-26-9-6-24-52(53)62-51(25-16-30-57(62)63)48-22-7-13-31-59(48)65(42-18-15-17-40(37-42)41-33-35-50-49-23-8-14-32-60(49)66-61(50)38-41)43-34-36-47-46-21-5-12-29-56(46)64(58(47)39-43)54-27-10-3-19-44(54)45-20-4-11-28-55(45)64/h3-39H,1-2H3. The van der Waals surface area contributed by atoms with Crippen LogP contribution in [-0.4, -0.2) is 0 Å². The van der Waals surface area contributed by atoms with Crippen LogP contribution in [0.15, 0.2) is 229 Å². The van der Waals surface area contributed by atoms with Gasteiger partial charge in [-0.25, -0.2) is 0 Å². The monoisotopic (exact) mass is 841 g/mol. The van der Waals surface area contributed by atoms with Gasteiger partial charge >= 0.3 is 0 Å². The van der Waals surface area contributed by atoms with Gasteiger partial charge < -0.3 is 9.32 Å². The van der Waals surface area contributed by atoms with E-state index in [0.717, 1.165) is 50.1 Å². The molecule has 0 fully saturated rings. The van der Waals surface area contributed by atoms with Crippen molar-refractivity contribution in [3.05, 3.63) is 258 Å². The van der Waals surface area contributed by atoms with Gasteiger partial charge in [0.25, 0.3) is 0 Å². The molecule has 14 rings (SSSR count). The molecule has 1 aromatic heterocycles. The number of para-hydroxylation sites is 2. The minimum absolute atomic E-state index is 0.122. The lowest BCUT2D eigenvalue weighted by Crippen LogP contribution is -2.26. The van der Waals surface area contributed by atoms with Crippen LogP contribution in [0.1, 0.15) is 47.2 Å². The van der Waals surface area contributed by atoms with Crippen molar-refractivity contribution in [2.24, 2.45) is 0 Å². The fourth-order valence-corrected chi connectivity index (χ4v) is 12.3. The summed E-state index contributed by atoms with van der Waals surface area (Å²) < 4.78 is 6.43. The maximum atomic E-state index is 6.43. The van der Waals surface area contributed by atoms with Gasteiger partial charge in [0.05, 0.1) is 11.1 Å². The molecule has 10 aromatic carbocycles. The third-order valence-corrected chi connectivity index (χ3v) is 15.1. The molecule has 0 unspecified atom stereocenters. The molecule has 310 valence electrons. The fraction of sp³-hybridized carbons (Fsp3) is 0.0625. The van der Waals surface area contributed by atoms with Gasteiger partial charge in [-0.05, 0) is 132 Å². The minimum Gasteiger partial charge on any atom is -0.456 e. The van der Waals surface area contributed by atoms with Crippen LogP contribution in [0.2, 0.25) is 0 Å². The molecule has 66 heavy (non-hydrogen) atoms. The average Bonchev–Trinajstić information content (AvgIpc) is 4.06. The topological polar surface area (TPSA) is 16.4 Å². The Balaban J connectivity index is 1.02. The highest BCUT2D eigenvalue weighted by Crippen LogP contribution is 2.63. The van der Waals surface area contributed by atoms with Crippen LogP contribution in [0, 0.1) is 0 Å². The molecule has 0 N–H and O–H groups in total. The summed E-state index contributed by atoms with van der Waals surface area (Å²) in [4.78, 5) is 2.51. The van der Waals surface area contributed by atoms with Crippen molar-refractivity contribution in [3.8, 4) is 55.6 Å². The predicted octanol–water partition coefficient (Wildman–Crippen LogP) is 17.0. The molecule has 2 heteroatoms. The molecular weight excluding hydrogens is 799 g/mol. The van der Waals surface area contributed by atoms with Gasteiger partial charge in [-0.15, -0.1) is 0 Å². The lowest BCUT2D eigenvalue weighted by Gasteiger charge is -2.33. The van der Waals surface area contributed by atoms with Crippen molar-refractivity contribution in [1.29, 1.82) is 0 Å². The van der Waals surface area contributed by atoms with E-state index in [1.807, 2.05) is 6.07 Å². The second kappa shape index (κ2) is 13.7. The number of hydrogen-bond acceptors (Lipinski definition) is 2. The van der Waals surface area contributed by atoms with Crippen molar-refractivity contribution in [1.82, 2.24) is 0 Å². The number of anilines is 3. The van der Waals surface area contributed by atoms with Crippen LogP contribution in [0.4, 0.5) is 17.1 Å². The molecule has 0 saturated heterocycles. The summed E-state index contributed by atoms with van der Waals surface area (Å²) in [5.74, 6) is 0. The number of fused-ring (bicyclic) bond motifs is 16. The Morgan fingerprint density at radius 1 is 0.333 bits per heavy atom. The highest BCUT2D eigenvalue weighted by Gasteiger charge is 2.51. The molecule has 3 aliphatic rings. The van der Waals surface area contributed by atoms with Crippen molar-refractivity contribution in [2.75, 3.05) is 4.90 Å². The second-order valence-electron chi connectivity index (χ2n) is 18.7. The Hall–Kier alpha value is -8.20. The molecular formula is C64H43NO. The third kappa shape index (κ3) is 4.96.